The maximum atomic E-state index is 13.8. The lowest BCUT2D eigenvalue weighted by Gasteiger charge is -2.05. The van der Waals surface area contributed by atoms with Crippen LogP contribution < -0.4 is 5.73 Å². The van der Waals surface area contributed by atoms with Gasteiger partial charge in [-0.2, -0.15) is 0 Å². The van der Waals surface area contributed by atoms with Crippen LogP contribution in [0.5, 0.6) is 0 Å². The highest BCUT2D eigenvalue weighted by Gasteiger charge is 2.58. The van der Waals surface area contributed by atoms with Crippen molar-refractivity contribution in [3.63, 3.8) is 0 Å². The van der Waals surface area contributed by atoms with Crippen LogP contribution in [-0.2, 0) is 0 Å². The van der Waals surface area contributed by atoms with Gasteiger partial charge in [-0.1, -0.05) is 37.6 Å². The number of benzene rings is 1. The monoisotopic (exact) mass is 227 g/mol. The van der Waals surface area contributed by atoms with E-state index in [9.17, 15) is 4.39 Å². The second-order valence-electron chi connectivity index (χ2n) is 4.78. The average Bonchev–Trinajstić information content (AvgIpc) is 2.73. The van der Waals surface area contributed by atoms with Crippen LogP contribution in [0, 0.1) is 17.2 Å². The molecule has 0 amide bonds. The van der Waals surface area contributed by atoms with Gasteiger partial charge in [-0.25, -0.2) is 4.39 Å². The molecule has 1 nitrogen and oxygen atoms in total. The van der Waals surface area contributed by atoms with E-state index in [4.69, 9.17) is 17.3 Å². The summed E-state index contributed by atoms with van der Waals surface area (Å²) in [6, 6.07) is 5.18. The smallest absolute Gasteiger partial charge is 0.145 e. The fourth-order valence-electron chi connectivity index (χ4n) is 2.56. The highest BCUT2D eigenvalue weighted by molar-refractivity contribution is 6.30. The molecular formula is C12H15ClFN. The van der Waals surface area contributed by atoms with Crippen LogP contribution in [0.2, 0.25) is 5.02 Å². The van der Waals surface area contributed by atoms with Crippen molar-refractivity contribution in [2.24, 2.45) is 17.1 Å². The van der Waals surface area contributed by atoms with Crippen molar-refractivity contribution in [3.05, 3.63) is 34.6 Å². The van der Waals surface area contributed by atoms with Crippen LogP contribution in [0.25, 0.3) is 0 Å². The first-order valence-electron chi connectivity index (χ1n) is 5.14. The number of hydrogen-bond donors (Lipinski definition) is 1. The third-order valence-corrected chi connectivity index (χ3v) is 3.91. The standard InChI is InChI=1S/C12H15ClFN/c1-12(2)8(6-15)10(12)7-4-3-5-9(13)11(7)14/h3-5,8,10H,6,15H2,1-2H3. The fraction of sp³-hybridized carbons (Fsp3) is 0.500. The van der Waals surface area contributed by atoms with Crippen molar-refractivity contribution in [1.29, 1.82) is 0 Å². The molecule has 2 unspecified atom stereocenters. The minimum Gasteiger partial charge on any atom is -0.330 e. The largest absolute Gasteiger partial charge is 0.330 e. The molecule has 1 aliphatic carbocycles. The van der Waals surface area contributed by atoms with E-state index in [0.29, 0.717) is 18.0 Å². The normalized spacial score (nSPS) is 27.8. The highest BCUT2D eigenvalue weighted by Crippen LogP contribution is 2.64. The summed E-state index contributed by atoms with van der Waals surface area (Å²) in [5.41, 5.74) is 6.48. The Morgan fingerprint density at radius 1 is 1.47 bits per heavy atom. The van der Waals surface area contributed by atoms with Crippen molar-refractivity contribution in [2.45, 2.75) is 19.8 Å². The fourth-order valence-corrected chi connectivity index (χ4v) is 2.74. The Balaban J connectivity index is 2.37. The summed E-state index contributed by atoms with van der Waals surface area (Å²) in [5, 5.41) is 0.200. The molecular weight excluding hydrogens is 213 g/mol. The Morgan fingerprint density at radius 2 is 2.13 bits per heavy atom. The van der Waals surface area contributed by atoms with E-state index in [1.807, 2.05) is 6.07 Å². The summed E-state index contributed by atoms with van der Waals surface area (Å²) in [7, 11) is 0. The quantitative estimate of drug-likeness (QED) is 0.825. The van der Waals surface area contributed by atoms with E-state index in [-0.39, 0.29) is 22.2 Å². The summed E-state index contributed by atoms with van der Waals surface area (Å²) >= 11 is 5.76. The molecule has 3 heteroatoms. The van der Waals surface area contributed by atoms with Crippen LogP contribution in [0.3, 0.4) is 0 Å². The van der Waals surface area contributed by atoms with Crippen molar-refractivity contribution < 1.29 is 4.39 Å². The summed E-state index contributed by atoms with van der Waals surface area (Å²) in [6.07, 6.45) is 0. The van der Waals surface area contributed by atoms with Crippen LogP contribution in [0.15, 0.2) is 18.2 Å². The van der Waals surface area contributed by atoms with E-state index in [2.05, 4.69) is 13.8 Å². The molecule has 0 radical (unpaired) electrons. The first kappa shape index (κ1) is 10.9. The van der Waals surface area contributed by atoms with Crippen molar-refractivity contribution in [3.8, 4) is 0 Å². The van der Waals surface area contributed by atoms with Crippen LogP contribution in [0.1, 0.15) is 25.3 Å². The number of halogens is 2. The maximum Gasteiger partial charge on any atom is 0.145 e. The molecule has 0 saturated heterocycles. The second-order valence-corrected chi connectivity index (χ2v) is 5.19. The molecule has 1 aromatic carbocycles. The summed E-state index contributed by atoms with van der Waals surface area (Å²) in [4.78, 5) is 0. The lowest BCUT2D eigenvalue weighted by Crippen LogP contribution is -2.05. The Bertz CT molecular complexity index is 389. The van der Waals surface area contributed by atoms with Gasteiger partial charge in [0.05, 0.1) is 5.02 Å². The Hall–Kier alpha value is -0.600. The minimum absolute atomic E-state index is 0.0975. The van der Waals surface area contributed by atoms with Gasteiger partial charge in [0, 0.05) is 0 Å². The lowest BCUT2D eigenvalue weighted by atomic mass is 10.0. The molecule has 1 aliphatic rings. The molecule has 0 spiro atoms. The minimum atomic E-state index is -0.284. The van der Waals surface area contributed by atoms with E-state index < -0.39 is 0 Å². The molecule has 1 aromatic rings. The topological polar surface area (TPSA) is 26.0 Å². The van der Waals surface area contributed by atoms with Gasteiger partial charge in [0.1, 0.15) is 5.82 Å². The van der Waals surface area contributed by atoms with Gasteiger partial charge in [-0.05, 0) is 35.4 Å². The molecule has 2 atom stereocenters. The maximum absolute atomic E-state index is 13.8. The number of nitrogens with two attached hydrogens (primary N) is 1. The van der Waals surface area contributed by atoms with E-state index in [1.165, 1.54) is 0 Å². The van der Waals surface area contributed by atoms with Gasteiger partial charge < -0.3 is 5.73 Å². The molecule has 2 N–H and O–H groups in total. The van der Waals surface area contributed by atoms with Gasteiger partial charge in [0.15, 0.2) is 0 Å². The highest BCUT2D eigenvalue weighted by atomic mass is 35.5. The zero-order chi connectivity index (χ0) is 11.2. The third-order valence-electron chi connectivity index (χ3n) is 3.62. The third kappa shape index (κ3) is 1.56. The second kappa shape index (κ2) is 3.46. The van der Waals surface area contributed by atoms with E-state index in [0.717, 1.165) is 0 Å². The van der Waals surface area contributed by atoms with Gasteiger partial charge in [0.25, 0.3) is 0 Å². The molecule has 1 fully saturated rings. The number of rotatable bonds is 2. The summed E-state index contributed by atoms with van der Waals surface area (Å²) in [6.45, 7) is 4.84. The predicted molar refractivity (Wildman–Crippen MR) is 60.5 cm³/mol. The molecule has 2 rings (SSSR count). The Kier molecular flexibility index (Phi) is 2.52. The van der Waals surface area contributed by atoms with Gasteiger partial charge in [-0.15, -0.1) is 0 Å². The van der Waals surface area contributed by atoms with Crippen LogP contribution in [-0.4, -0.2) is 6.54 Å². The molecule has 15 heavy (non-hydrogen) atoms. The number of hydrogen-bond acceptors (Lipinski definition) is 1. The van der Waals surface area contributed by atoms with Crippen LogP contribution >= 0.6 is 11.6 Å². The average molecular weight is 228 g/mol. The van der Waals surface area contributed by atoms with Crippen molar-refractivity contribution >= 4 is 11.6 Å². The van der Waals surface area contributed by atoms with E-state index >= 15 is 0 Å². The van der Waals surface area contributed by atoms with E-state index in [1.54, 1.807) is 12.1 Å². The summed E-state index contributed by atoms with van der Waals surface area (Å²) < 4.78 is 13.8. The summed E-state index contributed by atoms with van der Waals surface area (Å²) in [5.74, 6) is 0.292. The first-order valence-corrected chi connectivity index (χ1v) is 5.52. The zero-order valence-corrected chi connectivity index (χ0v) is 9.68. The molecule has 0 aliphatic heterocycles. The molecule has 0 bridgehead atoms. The lowest BCUT2D eigenvalue weighted by molar-refractivity contribution is 0.551. The van der Waals surface area contributed by atoms with Gasteiger partial charge >= 0.3 is 0 Å². The van der Waals surface area contributed by atoms with Crippen LogP contribution in [0.4, 0.5) is 4.39 Å². The van der Waals surface area contributed by atoms with Gasteiger partial charge in [0.2, 0.25) is 0 Å². The molecule has 0 heterocycles. The zero-order valence-electron chi connectivity index (χ0n) is 8.93. The van der Waals surface area contributed by atoms with Crippen molar-refractivity contribution in [2.75, 3.05) is 6.54 Å². The van der Waals surface area contributed by atoms with Crippen molar-refractivity contribution in [1.82, 2.24) is 0 Å². The van der Waals surface area contributed by atoms with Gasteiger partial charge in [-0.3, -0.25) is 0 Å². The molecule has 82 valence electrons. The first-order chi connectivity index (χ1) is 7.00. The predicted octanol–water partition coefficient (Wildman–Crippen LogP) is 3.18. The Morgan fingerprint density at radius 3 is 2.67 bits per heavy atom. The SMILES string of the molecule is CC1(C)C(CN)C1c1cccc(Cl)c1F. The molecule has 1 saturated carbocycles. The Labute approximate surface area is 94.4 Å². The molecule has 0 aromatic heterocycles.